The van der Waals surface area contributed by atoms with Gasteiger partial charge in [0, 0.05) is 34.3 Å². The van der Waals surface area contributed by atoms with Gasteiger partial charge in [-0.2, -0.15) is 0 Å². The smallest absolute Gasteiger partial charge is 0.277 e. The van der Waals surface area contributed by atoms with Gasteiger partial charge in [0.2, 0.25) is 0 Å². The normalized spacial score (nSPS) is 10.5. The minimum Gasteiger partial charge on any atom is -0.322 e. The molecular formula is C22H14N4O5S. The van der Waals surface area contributed by atoms with E-state index in [1.54, 1.807) is 24.3 Å². The molecule has 158 valence electrons. The third-order valence-corrected chi connectivity index (χ3v) is 5.44. The molecule has 0 unspecified atom stereocenters. The number of thiazole rings is 1. The van der Waals surface area contributed by atoms with Gasteiger partial charge in [-0.3, -0.25) is 25.0 Å². The van der Waals surface area contributed by atoms with Crippen LogP contribution in [0.2, 0.25) is 0 Å². The highest BCUT2D eigenvalue weighted by atomic mass is 32.1. The predicted octanol–water partition coefficient (Wildman–Crippen LogP) is 5.55. The van der Waals surface area contributed by atoms with Crippen molar-refractivity contribution in [3.05, 3.63) is 104 Å². The Morgan fingerprint density at radius 2 is 1.47 bits per heavy atom. The first kappa shape index (κ1) is 20.8. The molecule has 3 aromatic carbocycles. The average Bonchev–Trinajstić information content (AvgIpc) is 3.30. The maximum Gasteiger partial charge on any atom is 0.277 e. The highest BCUT2D eigenvalue weighted by Crippen LogP contribution is 2.29. The molecule has 0 aliphatic carbocycles. The van der Waals surface area contributed by atoms with Crippen molar-refractivity contribution in [2.75, 3.05) is 5.32 Å². The number of anilines is 1. The van der Waals surface area contributed by atoms with E-state index >= 15 is 0 Å². The number of carbonyl (C=O) groups excluding carboxylic acids is 1. The largest absolute Gasteiger partial charge is 0.322 e. The molecule has 4 aromatic rings. The zero-order valence-corrected chi connectivity index (χ0v) is 17.1. The van der Waals surface area contributed by atoms with E-state index < -0.39 is 27.1 Å². The molecule has 0 atom stereocenters. The molecule has 0 aliphatic heterocycles. The molecule has 1 amide bonds. The van der Waals surface area contributed by atoms with Gasteiger partial charge in [0.25, 0.3) is 17.3 Å². The van der Waals surface area contributed by atoms with Gasteiger partial charge in [-0.1, -0.05) is 42.5 Å². The van der Waals surface area contributed by atoms with Crippen molar-refractivity contribution in [3.8, 4) is 21.8 Å². The lowest BCUT2D eigenvalue weighted by molar-refractivity contribution is -0.394. The van der Waals surface area contributed by atoms with Crippen LogP contribution in [-0.2, 0) is 0 Å². The number of nitrogens with zero attached hydrogens (tertiary/aromatic N) is 3. The summed E-state index contributed by atoms with van der Waals surface area (Å²) in [6.45, 7) is 0. The second kappa shape index (κ2) is 8.74. The van der Waals surface area contributed by atoms with Crippen molar-refractivity contribution in [2.24, 2.45) is 0 Å². The van der Waals surface area contributed by atoms with Gasteiger partial charge >= 0.3 is 0 Å². The number of rotatable bonds is 6. The van der Waals surface area contributed by atoms with Gasteiger partial charge < -0.3 is 5.32 Å². The highest BCUT2D eigenvalue weighted by molar-refractivity contribution is 7.13. The molecule has 1 N–H and O–H groups in total. The second-order valence-electron chi connectivity index (χ2n) is 6.69. The van der Waals surface area contributed by atoms with E-state index in [1.165, 1.54) is 11.3 Å². The summed E-state index contributed by atoms with van der Waals surface area (Å²) in [5.74, 6) is -0.690. The molecule has 0 saturated carbocycles. The molecule has 0 saturated heterocycles. The lowest BCUT2D eigenvalue weighted by atomic mass is 10.1. The van der Waals surface area contributed by atoms with Gasteiger partial charge in [-0.25, -0.2) is 4.98 Å². The van der Waals surface area contributed by atoms with Crippen LogP contribution < -0.4 is 5.32 Å². The van der Waals surface area contributed by atoms with Crippen LogP contribution in [0.3, 0.4) is 0 Å². The summed E-state index contributed by atoms with van der Waals surface area (Å²) in [4.78, 5) is 37.6. The number of nitrogens with one attached hydrogen (secondary N) is 1. The van der Waals surface area contributed by atoms with Gasteiger partial charge in [0.05, 0.1) is 27.2 Å². The van der Waals surface area contributed by atoms with E-state index in [4.69, 9.17) is 0 Å². The fraction of sp³-hybridized carbons (Fsp3) is 0. The van der Waals surface area contributed by atoms with Crippen LogP contribution in [0.25, 0.3) is 21.8 Å². The fourth-order valence-corrected chi connectivity index (χ4v) is 3.82. The summed E-state index contributed by atoms with van der Waals surface area (Å²) in [6, 6.07) is 19.5. The van der Waals surface area contributed by atoms with Crippen molar-refractivity contribution >= 4 is 34.3 Å². The van der Waals surface area contributed by atoms with Gasteiger partial charge in [-0.05, 0) is 12.1 Å². The molecule has 1 heterocycles. The van der Waals surface area contributed by atoms with Gasteiger partial charge in [-0.15, -0.1) is 11.3 Å². The molecule has 0 fully saturated rings. The SMILES string of the molecule is O=C(Nc1ccc(-c2csc(-c3ccccc3)n2)cc1)c1cc([N+](=O)[O-])cc([N+](=O)[O-])c1. The molecule has 1 aromatic heterocycles. The fourth-order valence-electron chi connectivity index (χ4n) is 2.98. The Morgan fingerprint density at radius 3 is 2.06 bits per heavy atom. The zero-order valence-electron chi connectivity index (χ0n) is 16.3. The Bertz CT molecular complexity index is 1290. The van der Waals surface area contributed by atoms with Gasteiger partial charge in [0.1, 0.15) is 5.01 Å². The molecule has 10 heteroatoms. The maximum atomic E-state index is 12.5. The van der Waals surface area contributed by atoms with E-state index in [9.17, 15) is 25.0 Å². The number of nitro benzene ring substituents is 2. The standard InChI is InChI=1S/C22H14N4O5S/c27-21(16-10-18(25(28)29)12-19(11-16)26(30)31)23-17-8-6-14(7-9-17)20-13-32-22(24-20)15-4-2-1-3-5-15/h1-13H,(H,23,27). The average molecular weight is 446 g/mol. The van der Waals surface area contributed by atoms with Crippen LogP contribution in [0.5, 0.6) is 0 Å². The Balaban J connectivity index is 1.52. The van der Waals surface area contributed by atoms with Crippen LogP contribution in [0.4, 0.5) is 17.1 Å². The summed E-state index contributed by atoms with van der Waals surface area (Å²) in [6.07, 6.45) is 0. The molecule has 0 radical (unpaired) electrons. The van der Waals surface area contributed by atoms with Crippen LogP contribution in [-0.4, -0.2) is 20.7 Å². The maximum absolute atomic E-state index is 12.5. The minimum absolute atomic E-state index is 0.179. The first-order valence-electron chi connectivity index (χ1n) is 9.27. The molecule has 4 rings (SSSR count). The van der Waals surface area contributed by atoms with Crippen molar-refractivity contribution < 1.29 is 14.6 Å². The van der Waals surface area contributed by atoms with Crippen molar-refractivity contribution in [3.63, 3.8) is 0 Å². The molecular weight excluding hydrogens is 432 g/mol. The first-order valence-corrected chi connectivity index (χ1v) is 10.2. The Kier molecular flexibility index (Phi) is 5.69. The molecule has 0 spiro atoms. The quantitative estimate of drug-likeness (QED) is 0.306. The summed E-state index contributed by atoms with van der Waals surface area (Å²) in [5, 5.41) is 27.5. The van der Waals surface area contributed by atoms with Crippen molar-refractivity contribution in [2.45, 2.75) is 0 Å². The Hall–Kier alpha value is -4.44. The van der Waals surface area contributed by atoms with E-state index in [2.05, 4.69) is 10.3 Å². The lowest BCUT2D eigenvalue weighted by Gasteiger charge is -2.06. The topological polar surface area (TPSA) is 128 Å². The van der Waals surface area contributed by atoms with Crippen molar-refractivity contribution in [1.29, 1.82) is 0 Å². The monoisotopic (exact) mass is 446 g/mol. The summed E-state index contributed by atoms with van der Waals surface area (Å²) in [5.41, 5.74) is 1.87. The number of hydrogen-bond donors (Lipinski definition) is 1. The molecule has 32 heavy (non-hydrogen) atoms. The zero-order chi connectivity index (χ0) is 22.7. The molecule has 0 bridgehead atoms. The van der Waals surface area contributed by atoms with E-state index in [-0.39, 0.29) is 5.56 Å². The summed E-state index contributed by atoms with van der Waals surface area (Å²) in [7, 11) is 0. The number of carbonyl (C=O) groups is 1. The molecule has 9 nitrogen and oxygen atoms in total. The van der Waals surface area contributed by atoms with Gasteiger partial charge in [0.15, 0.2) is 0 Å². The van der Waals surface area contributed by atoms with Crippen LogP contribution >= 0.6 is 11.3 Å². The second-order valence-corrected chi connectivity index (χ2v) is 7.55. The highest BCUT2D eigenvalue weighted by Gasteiger charge is 2.20. The number of nitro groups is 2. The predicted molar refractivity (Wildman–Crippen MR) is 121 cm³/mol. The molecule has 0 aliphatic rings. The third kappa shape index (κ3) is 4.50. The van der Waals surface area contributed by atoms with Crippen LogP contribution in [0, 0.1) is 20.2 Å². The number of benzene rings is 3. The summed E-state index contributed by atoms with van der Waals surface area (Å²) >= 11 is 1.53. The minimum atomic E-state index is -0.782. The number of aromatic nitrogens is 1. The lowest BCUT2D eigenvalue weighted by Crippen LogP contribution is -2.12. The Morgan fingerprint density at radius 1 is 0.844 bits per heavy atom. The third-order valence-electron chi connectivity index (χ3n) is 4.55. The van der Waals surface area contributed by atoms with Crippen molar-refractivity contribution in [1.82, 2.24) is 4.98 Å². The number of amides is 1. The van der Waals surface area contributed by atoms with Crippen LogP contribution in [0.15, 0.2) is 78.2 Å². The number of non-ortho nitro benzene ring substituents is 2. The first-order chi connectivity index (χ1) is 15.4. The van der Waals surface area contributed by atoms with E-state index in [1.807, 2.05) is 35.7 Å². The van der Waals surface area contributed by atoms with Crippen LogP contribution in [0.1, 0.15) is 10.4 Å². The van der Waals surface area contributed by atoms with E-state index in [0.717, 1.165) is 40.0 Å². The summed E-state index contributed by atoms with van der Waals surface area (Å²) < 4.78 is 0. The number of hydrogen-bond acceptors (Lipinski definition) is 7. The Labute approximate surface area is 185 Å². The van der Waals surface area contributed by atoms with E-state index in [0.29, 0.717) is 5.69 Å².